The molecule has 1 saturated carbocycles. The third-order valence-corrected chi connectivity index (χ3v) is 5.57. The molecule has 3 rings (SSSR count). The third kappa shape index (κ3) is 3.21. The molecule has 1 fully saturated rings. The van der Waals surface area contributed by atoms with Crippen molar-refractivity contribution in [2.75, 3.05) is 13.2 Å². The second-order valence-electron chi connectivity index (χ2n) is 6.19. The summed E-state index contributed by atoms with van der Waals surface area (Å²) in [6.07, 6.45) is 3.96. The summed E-state index contributed by atoms with van der Waals surface area (Å²) in [5.41, 5.74) is 1.25. The zero-order valence-electron chi connectivity index (χ0n) is 12.8. The Hall–Kier alpha value is -0.740. The van der Waals surface area contributed by atoms with E-state index < -0.39 is 0 Å². The van der Waals surface area contributed by atoms with Gasteiger partial charge in [0.25, 0.3) is 0 Å². The van der Waals surface area contributed by atoms with Crippen LogP contribution in [0.3, 0.4) is 0 Å². The molecule has 3 unspecified atom stereocenters. The standard InChI is InChI=1S/C17H24BrNO2/c1-3-13-4-5-15(11(13)2)19-10-12-8-14(18)17-16(9-12)20-6-7-21-17/h8-9,11,13,15,19H,3-7,10H2,1-2H3. The van der Waals surface area contributed by atoms with E-state index in [-0.39, 0.29) is 0 Å². The van der Waals surface area contributed by atoms with Gasteiger partial charge in [0.15, 0.2) is 11.5 Å². The molecule has 0 amide bonds. The van der Waals surface area contributed by atoms with E-state index in [4.69, 9.17) is 9.47 Å². The summed E-state index contributed by atoms with van der Waals surface area (Å²) in [7, 11) is 0. The summed E-state index contributed by atoms with van der Waals surface area (Å²) in [5.74, 6) is 3.36. The summed E-state index contributed by atoms with van der Waals surface area (Å²) < 4.78 is 12.3. The van der Waals surface area contributed by atoms with Crippen molar-refractivity contribution in [3.63, 3.8) is 0 Å². The predicted molar refractivity (Wildman–Crippen MR) is 87.9 cm³/mol. The van der Waals surface area contributed by atoms with Crippen LogP contribution in [-0.2, 0) is 6.54 Å². The van der Waals surface area contributed by atoms with Crippen LogP contribution in [0.15, 0.2) is 16.6 Å². The largest absolute Gasteiger partial charge is 0.486 e. The normalized spacial score (nSPS) is 27.9. The Morgan fingerprint density at radius 3 is 2.81 bits per heavy atom. The van der Waals surface area contributed by atoms with Gasteiger partial charge in [-0.15, -0.1) is 0 Å². The molecule has 0 spiro atoms. The highest BCUT2D eigenvalue weighted by molar-refractivity contribution is 9.10. The lowest BCUT2D eigenvalue weighted by atomic mass is 9.93. The fourth-order valence-corrected chi connectivity index (χ4v) is 4.23. The van der Waals surface area contributed by atoms with Gasteiger partial charge in [-0.05, 0) is 58.3 Å². The molecule has 1 aliphatic heterocycles. The molecule has 21 heavy (non-hydrogen) atoms. The molecule has 1 heterocycles. The van der Waals surface area contributed by atoms with Crippen LogP contribution in [0.1, 0.15) is 38.7 Å². The van der Waals surface area contributed by atoms with Crippen molar-refractivity contribution in [2.24, 2.45) is 11.8 Å². The van der Waals surface area contributed by atoms with Crippen LogP contribution in [0.5, 0.6) is 11.5 Å². The van der Waals surface area contributed by atoms with E-state index in [0.29, 0.717) is 19.3 Å². The maximum Gasteiger partial charge on any atom is 0.175 e. The molecular weight excluding hydrogens is 330 g/mol. The number of rotatable bonds is 4. The van der Waals surface area contributed by atoms with Gasteiger partial charge in [0.2, 0.25) is 0 Å². The van der Waals surface area contributed by atoms with Gasteiger partial charge in [0, 0.05) is 12.6 Å². The van der Waals surface area contributed by atoms with Crippen LogP contribution in [0.25, 0.3) is 0 Å². The van der Waals surface area contributed by atoms with Gasteiger partial charge in [-0.1, -0.05) is 20.3 Å². The van der Waals surface area contributed by atoms with Gasteiger partial charge in [-0.2, -0.15) is 0 Å². The highest BCUT2D eigenvalue weighted by Gasteiger charge is 2.31. The lowest BCUT2D eigenvalue weighted by Gasteiger charge is -2.23. The molecule has 0 saturated heterocycles. The smallest absolute Gasteiger partial charge is 0.175 e. The van der Waals surface area contributed by atoms with Crippen molar-refractivity contribution in [2.45, 2.75) is 45.7 Å². The SMILES string of the molecule is CCC1CCC(NCc2cc(Br)c3c(c2)OCCO3)C1C. The number of hydrogen-bond donors (Lipinski definition) is 1. The summed E-state index contributed by atoms with van der Waals surface area (Å²) >= 11 is 3.59. The highest BCUT2D eigenvalue weighted by Crippen LogP contribution is 2.39. The van der Waals surface area contributed by atoms with Crippen LogP contribution < -0.4 is 14.8 Å². The maximum absolute atomic E-state index is 5.69. The molecule has 3 atom stereocenters. The molecule has 0 radical (unpaired) electrons. The maximum atomic E-state index is 5.69. The topological polar surface area (TPSA) is 30.5 Å². The monoisotopic (exact) mass is 353 g/mol. The first-order valence-electron chi connectivity index (χ1n) is 8.00. The van der Waals surface area contributed by atoms with Gasteiger partial charge in [0.1, 0.15) is 13.2 Å². The van der Waals surface area contributed by atoms with E-state index in [1.807, 2.05) is 0 Å². The van der Waals surface area contributed by atoms with E-state index in [1.165, 1.54) is 24.8 Å². The lowest BCUT2D eigenvalue weighted by Crippen LogP contribution is -2.32. The molecule has 1 aromatic rings. The van der Waals surface area contributed by atoms with Crippen LogP contribution >= 0.6 is 15.9 Å². The molecule has 1 aromatic carbocycles. The summed E-state index contributed by atoms with van der Waals surface area (Å²) in [6.45, 7) is 6.84. The first-order valence-corrected chi connectivity index (χ1v) is 8.79. The van der Waals surface area contributed by atoms with Gasteiger partial charge >= 0.3 is 0 Å². The van der Waals surface area contributed by atoms with Crippen LogP contribution in [0.2, 0.25) is 0 Å². The van der Waals surface area contributed by atoms with E-state index in [2.05, 4.69) is 47.2 Å². The van der Waals surface area contributed by atoms with Gasteiger partial charge < -0.3 is 14.8 Å². The third-order valence-electron chi connectivity index (χ3n) is 4.98. The van der Waals surface area contributed by atoms with E-state index in [9.17, 15) is 0 Å². The minimum absolute atomic E-state index is 0.626. The zero-order chi connectivity index (χ0) is 14.8. The molecule has 0 aromatic heterocycles. The minimum atomic E-state index is 0.626. The Kier molecular flexibility index (Phi) is 4.75. The summed E-state index contributed by atoms with van der Waals surface area (Å²) in [4.78, 5) is 0. The van der Waals surface area contributed by atoms with Crippen molar-refractivity contribution in [1.29, 1.82) is 0 Å². The number of nitrogens with one attached hydrogen (secondary N) is 1. The molecule has 116 valence electrons. The van der Waals surface area contributed by atoms with E-state index in [1.54, 1.807) is 0 Å². The number of ether oxygens (including phenoxy) is 2. The van der Waals surface area contributed by atoms with E-state index in [0.717, 1.165) is 34.4 Å². The average Bonchev–Trinajstić information content (AvgIpc) is 2.85. The van der Waals surface area contributed by atoms with Gasteiger partial charge in [-0.25, -0.2) is 0 Å². The van der Waals surface area contributed by atoms with Crippen molar-refractivity contribution in [3.8, 4) is 11.5 Å². The molecule has 2 aliphatic rings. The predicted octanol–water partition coefficient (Wildman–Crippen LogP) is 4.13. The fraction of sp³-hybridized carbons (Fsp3) is 0.647. The highest BCUT2D eigenvalue weighted by atomic mass is 79.9. The second-order valence-corrected chi connectivity index (χ2v) is 7.05. The Bertz CT molecular complexity index is 506. The van der Waals surface area contributed by atoms with Crippen molar-refractivity contribution in [1.82, 2.24) is 5.32 Å². The Labute approximate surface area is 135 Å². The van der Waals surface area contributed by atoms with Gasteiger partial charge in [0.05, 0.1) is 4.47 Å². The van der Waals surface area contributed by atoms with Gasteiger partial charge in [-0.3, -0.25) is 0 Å². The molecule has 0 bridgehead atoms. The van der Waals surface area contributed by atoms with Crippen molar-refractivity contribution < 1.29 is 9.47 Å². The molecule has 4 heteroatoms. The van der Waals surface area contributed by atoms with Crippen molar-refractivity contribution in [3.05, 3.63) is 22.2 Å². The Balaban J connectivity index is 1.65. The average molecular weight is 354 g/mol. The first-order chi connectivity index (χ1) is 10.2. The summed E-state index contributed by atoms with van der Waals surface area (Å²) in [6, 6.07) is 4.88. The second kappa shape index (κ2) is 6.57. The quantitative estimate of drug-likeness (QED) is 0.882. The van der Waals surface area contributed by atoms with Crippen LogP contribution in [0, 0.1) is 11.8 Å². The van der Waals surface area contributed by atoms with Crippen LogP contribution in [-0.4, -0.2) is 19.3 Å². The number of halogens is 1. The Morgan fingerprint density at radius 2 is 2.05 bits per heavy atom. The van der Waals surface area contributed by atoms with Crippen LogP contribution in [0.4, 0.5) is 0 Å². The summed E-state index contributed by atoms with van der Waals surface area (Å²) in [5, 5.41) is 3.73. The minimum Gasteiger partial charge on any atom is -0.486 e. The number of benzene rings is 1. The molecule has 1 N–H and O–H groups in total. The first kappa shape index (κ1) is 15.2. The zero-order valence-corrected chi connectivity index (χ0v) is 14.4. The molecule has 3 nitrogen and oxygen atoms in total. The molecule has 1 aliphatic carbocycles. The lowest BCUT2D eigenvalue weighted by molar-refractivity contribution is 0.170. The molecular formula is C17H24BrNO2. The fourth-order valence-electron chi connectivity index (χ4n) is 3.63. The van der Waals surface area contributed by atoms with Crippen molar-refractivity contribution >= 4 is 15.9 Å². The number of fused-ring (bicyclic) bond motifs is 1. The van der Waals surface area contributed by atoms with E-state index >= 15 is 0 Å². The number of hydrogen-bond acceptors (Lipinski definition) is 3. The Morgan fingerprint density at radius 1 is 1.24 bits per heavy atom.